The Balaban J connectivity index is 2.10. The van der Waals surface area contributed by atoms with Crippen LogP contribution in [0, 0.1) is 0 Å². The van der Waals surface area contributed by atoms with Gasteiger partial charge in [0, 0.05) is 30.4 Å². The predicted octanol–water partition coefficient (Wildman–Crippen LogP) is 3.45. The van der Waals surface area contributed by atoms with Crippen molar-refractivity contribution in [3.63, 3.8) is 0 Å². The van der Waals surface area contributed by atoms with Crippen LogP contribution >= 0.6 is 11.3 Å². The maximum absolute atomic E-state index is 10.4. The summed E-state index contributed by atoms with van der Waals surface area (Å²) in [4.78, 5) is 10.5. The molecule has 0 fully saturated rings. The van der Waals surface area contributed by atoms with Gasteiger partial charge in [0.1, 0.15) is 0 Å². The number of nitrogens with zero attached hydrogens (tertiary/aromatic N) is 3. The summed E-state index contributed by atoms with van der Waals surface area (Å²) in [7, 11) is 0. The van der Waals surface area contributed by atoms with E-state index in [-0.39, 0.29) is 5.88 Å². The normalized spacial score (nSPS) is 15.9. The monoisotopic (exact) mass is 299 g/mol. The highest BCUT2D eigenvalue weighted by molar-refractivity contribution is 7.10. The Morgan fingerprint density at radius 2 is 2.14 bits per heavy atom. The third-order valence-electron chi connectivity index (χ3n) is 3.36. The summed E-state index contributed by atoms with van der Waals surface area (Å²) in [6.45, 7) is 5.41. The van der Waals surface area contributed by atoms with E-state index < -0.39 is 0 Å². The van der Waals surface area contributed by atoms with Crippen LogP contribution in [-0.4, -0.2) is 22.4 Å². The molecule has 0 spiro atoms. The van der Waals surface area contributed by atoms with Gasteiger partial charge in [0.05, 0.1) is 10.6 Å². The van der Waals surface area contributed by atoms with E-state index in [9.17, 15) is 5.11 Å². The van der Waals surface area contributed by atoms with Crippen LogP contribution in [0.4, 0.5) is 5.69 Å². The van der Waals surface area contributed by atoms with Crippen molar-refractivity contribution in [2.75, 3.05) is 6.54 Å². The molecule has 2 heterocycles. The molecule has 5 heteroatoms. The zero-order chi connectivity index (χ0) is 14.8. The van der Waals surface area contributed by atoms with Gasteiger partial charge in [-0.15, -0.1) is 0 Å². The van der Waals surface area contributed by atoms with Gasteiger partial charge in [-0.3, -0.25) is 14.6 Å². The average molecular weight is 299 g/mol. The SMILES string of the molecule is CCN=c1sc(C=C2C=Nc3ccccc32)c(O)n1CC. The maximum atomic E-state index is 10.4. The third-order valence-corrected chi connectivity index (χ3v) is 4.41. The van der Waals surface area contributed by atoms with Crippen molar-refractivity contribution in [2.45, 2.75) is 20.4 Å². The van der Waals surface area contributed by atoms with Gasteiger partial charge >= 0.3 is 0 Å². The van der Waals surface area contributed by atoms with Gasteiger partial charge in [-0.25, -0.2) is 0 Å². The summed E-state index contributed by atoms with van der Waals surface area (Å²) in [6.07, 6.45) is 3.83. The van der Waals surface area contributed by atoms with Gasteiger partial charge in [-0.2, -0.15) is 0 Å². The van der Waals surface area contributed by atoms with E-state index in [1.54, 1.807) is 0 Å². The number of benzene rings is 1. The average Bonchev–Trinajstić information content (AvgIpc) is 3.03. The van der Waals surface area contributed by atoms with Gasteiger partial charge < -0.3 is 5.11 Å². The zero-order valence-electron chi connectivity index (χ0n) is 12.1. The quantitative estimate of drug-likeness (QED) is 0.927. The van der Waals surface area contributed by atoms with E-state index in [0.717, 1.165) is 26.5 Å². The van der Waals surface area contributed by atoms with Crippen molar-refractivity contribution in [1.82, 2.24) is 4.57 Å². The molecular weight excluding hydrogens is 282 g/mol. The molecule has 1 aliphatic rings. The fraction of sp³-hybridized carbons (Fsp3) is 0.250. The molecular formula is C16H17N3OS. The van der Waals surface area contributed by atoms with E-state index in [2.05, 4.69) is 9.98 Å². The number of hydrogen-bond donors (Lipinski definition) is 1. The molecule has 0 saturated carbocycles. The lowest BCUT2D eigenvalue weighted by Crippen LogP contribution is -2.13. The molecule has 3 rings (SSSR count). The Hall–Kier alpha value is -2.14. The van der Waals surface area contributed by atoms with Crippen molar-refractivity contribution < 1.29 is 5.11 Å². The molecule has 4 nitrogen and oxygen atoms in total. The minimum atomic E-state index is 0.278. The molecule has 0 aliphatic carbocycles. The van der Waals surface area contributed by atoms with Gasteiger partial charge in [0.25, 0.3) is 0 Å². The summed E-state index contributed by atoms with van der Waals surface area (Å²) in [5.41, 5.74) is 3.09. The summed E-state index contributed by atoms with van der Waals surface area (Å²) < 4.78 is 1.83. The molecule has 1 aromatic heterocycles. The molecule has 0 unspecified atom stereocenters. The number of aromatic nitrogens is 1. The largest absolute Gasteiger partial charge is 0.493 e. The van der Waals surface area contributed by atoms with Crippen LogP contribution in [0.1, 0.15) is 24.3 Å². The number of fused-ring (bicyclic) bond motifs is 1. The van der Waals surface area contributed by atoms with Crippen molar-refractivity contribution >= 4 is 34.9 Å². The second-order valence-corrected chi connectivity index (χ2v) is 5.68. The first-order valence-electron chi connectivity index (χ1n) is 7.02. The Morgan fingerprint density at radius 3 is 2.90 bits per heavy atom. The Bertz CT molecular complexity index is 796. The van der Waals surface area contributed by atoms with Crippen molar-refractivity contribution in [3.05, 3.63) is 39.5 Å². The molecule has 0 amide bonds. The summed E-state index contributed by atoms with van der Waals surface area (Å²) in [5, 5.41) is 10.4. The molecule has 0 saturated heterocycles. The second kappa shape index (κ2) is 5.69. The number of thiazole rings is 1. The summed E-state index contributed by atoms with van der Waals surface area (Å²) in [6, 6.07) is 8.01. The van der Waals surface area contributed by atoms with E-state index in [4.69, 9.17) is 0 Å². The molecule has 0 atom stereocenters. The molecule has 108 valence electrons. The van der Waals surface area contributed by atoms with Gasteiger partial charge in [0.2, 0.25) is 5.88 Å². The molecule has 1 N–H and O–H groups in total. The molecule has 2 aromatic rings. The number of para-hydroxylation sites is 1. The zero-order valence-corrected chi connectivity index (χ0v) is 12.9. The van der Waals surface area contributed by atoms with E-state index in [1.807, 2.05) is 55.0 Å². The Kier molecular flexibility index (Phi) is 3.75. The highest BCUT2D eigenvalue weighted by Gasteiger charge is 2.14. The van der Waals surface area contributed by atoms with Crippen LogP contribution in [0.25, 0.3) is 11.6 Å². The number of aromatic hydroxyl groups is 1. The minimum absolute atomic E-state index is 0.278. The number of aliphatic imine (C=N–C) groups is 1. The smallest absolute Gasteiger partial charge is 0.211 e. The molecule has 1 aromatic carbocycles. The second-order valence-electron chi connectivity index (χ2n) is 4.67. The van der Waals surface area contributed by atoms with Crippen LogP contribution in [0.15, 0.2) is 34.3 Å². The van der Waals surface area contributed by atoms with Crippen LogP contribution in [0.2, 0.25) is 0 Å². The van der Waals surface area contributed by atoms with Crippen molar-refractivity contribution in [1.29, 1.82) is 0 Å². The molecule has 0 radical (unpaired) electrons. The fourth-order valence-electron chi connectivity index (χ4n) is 2.35. The predicted molar refractivity (Wildman–Crippen MR) is 88.2 cm³/mol. The third kappa shape index (κ3) is 2.45. The summed E-state index contributed by atoms with van der Waals surface area (Å²) in [5.74, 6) is 0.278. The van der Waals surface area contributed by atoms with Gasteiger partial charge in [-0.1, -0.05) is 29.5 Å². The highest BCUT2D eigenvalue weighted by Crippen LogP contribution is 2.34. The van der Waals surface area contributed by atoms with Gasteiger partial charge in [0.15, 0.2) is 4.80 Å². The lowest BCUT2D eigenvalue weighted by Gasteiger charge is -2.00. The first-order chi connectivity index (χ1) is 10.2. The molecule has 0 bridgehead atoms. The van der Waals surface area contributed by atoms with Crippen LogP contribution in [-0.2, 0) is 6.54 Å². The van der Waals surface area contributed by atoms with E-state index in [0.29, 0.717) is 13.1 Å². The lowest BCUT2D eigenvalue weighted by molar-refractivity contribution is 0.415. The number of rotatable bonds is 3. The highest BCUT2D eigenvalue weighted by atomic mass is 32.1. The number of allylic oxidation sites excluding steroid dienone is 1. The number of hydrogen-bond acceptors (Lipinski definition) is 4. The summed E-state index contributed by atoms with van der Waals surface area (Å²) >= 11 is 1.51. The molecule has 1 aliphatic heterocycles. The van der Waals surface area contributed by atoms with E-state index in [1.165, 1.54) is 11.3 Å². The van der Waals surface area contributed by atoms with Crippen LogP contribution in [0.3, 0.4) is 0 Å². The minimum Gasteiger partial charge on any atom is -0.493 e. The van der Waals surface area contributed by atoms with Crippen molar-refractivity contribution in [2.24, 2.45) is 9.98 Å². The first-order valence-corrected chi connectivity index (χ1v) is 7.84. The first kappa shape index (κ1) is 13.8. The Morgan fingerprint density at radius 1 is 1.33 bits per heavy atom. The van der Waals surface area contributed by atoms with E-state index >= 15 is 0 Å². The van der Waals surface area contributed by atoms with Crippen molar-refractivity contribution in [3.8, 4) is 5.88 Å². The molecule has 21 heavy (non-hydrogen) atoms. The standard InChI is InChI=1S/C16H17N3OS/c1-3-17-16-19(4-2)15(20)14(21-16)9-11-10-18-13-8-6-5-7-12(11)13/h5-10,20H,3-4H2,1-2H3. The van der Waals surface area contributed by atoms with Crippen LogP contribution < -0.4 is 4.80 Å². The van der Waals surface area contributed by atoms with Gasteiger partial charge in [-0.05, 0) is 26.0 Å². The van der Waals surface area contributed by atoms with Crippen LogP contribution in [0.5, 0.6) is 5.88 Å². The topological polar surface area (TPSA) is 49.9 Å². The maximum Gasteiger partial charge on any atom is 0.211 e. The Labute approximate surface area is 127 Å². The fourth-order valence-corrected chi connectivity index (χ4v) is 3.45. The lowest BCUT2D eigenvalue weighted by atomic mass is 10.1.